The van der Waals surface area contributed by atoms with Gasteiger partial charge in [-0.15, -0.1) is 0 Å². The Hall–Kier alpha value is -0.440. The van der Waals surface area contributed by atoms with E-state index in [-0.39, 0.29) is 5.75 Å². The summed E-state index contributed by atoms with van der Waals surface area (Å²) >= 11 is 12.1. The molecule has 2 N–H and O–H groups in total. The molecule has 1 aromatic carbocycles. The first-order valence-corrected chi connectivity index (χ1v) is 5.80. The van der Waals surface area contributed by atoms with Gasteiger partial charge in [-0.2, -0.15) is 0 Å². The molecule has 0 radical (unpaired) electrons. The molecule has 4 heteroatoms. The van der Waals surface area contributed by atoms with Crippen LogP contribution in [0.2, 0.25) is 10.0 Å². The Kier molecular flexibility index (Phi) is 3.39. The zero-order chi connectivity index (χ0) is 10.8. The number of hydrogen-bond acceptors (Lipinski definition) is 2. The quantitative estimate of drug-likeness (QED) is 0.840. The van der Waals surface area contributed by atoms with Gasteiger partial charge in [0.1, 0.15) is 5.75 Å². The number of phenols is 1. The number of phenolic OH excluding ortho intramolecular Hbond substituents is 1. The summed E-state index contributed by atoms with van der Waals surface area (Å²) in [4.78, 5) is 0. The topological polar surface area (TPSA) is 32.3 Å². The minimum Gasteiger partial charge on any atom is -0.508 e. The molecule has 1 aliphatic heterocycles. The van der Waals surface area contributed by atoms with E-state index in [9.17, 15) is 5.11 Å². The Morgan fingerprint density at radius 2 is 2.00 bits per heavy atom. The van der Waals surface area contributed by atoms with Gasteiger partial charge in [-0.3, -0.25) is 0 Å². The van der Waals surface area contributed by atoms with E-state index in [0.29, 0.717) is 16.0 Å². The normalized spacial score (nSPS) is 20.8. The Balaban J connectivity index is 2.19. The fourth-order valence-electron chi connectivity index (χ4n) is 1.96. The molecule has 15 heavy (non-hydrogen) atoms. The predicted octanol–water partition coefficient (Wildman–Crippen LogP) is 2.85. The average Bonchev–Trinajstić information content (AvgIpc) is 2.63. The second kappa shape index (κ2) is 4.60. The van der Waals surface area contributed by atoms with E-state index >= 15 is 0 Å². The first-order valence-electron chi connectivity index (χ1n) is 5.04. The van der Waals surface area contributed by atoms with Crippen molar-refractivity contribution in [3.8, 4) is 5.75 Å². The highest BCUT2D eigenvalue weighted by atomic mass is 35.5. The molecule has 0 amide bonds. The van der Waals surface area contributed by atoms with Crippen molar-refractivity contribution < 1.29 is 5.11 Å². The smallest absolute Gasteiger partial charge is 0.118 e. The lowest BCUT2D eigenvalue weighted by Crippen LogP contribution is -2.11. The molecule has 1 aromatic rings. The van der Waals surface area contributed by atoms with Crippen molar-refractivity contribution in [3.63, 3.8) is 0 Å². The summed E-state index contributed by atoms with van der Waals surface area (Å²) in [5, 5.41) is 13.7. The SMILES string of the molecule is Oc1cc(Cl)c(CC2CCNC2)c(Cl)c1. The monoisotopic (exact) mass is 245 g/mol. The van der Waals surface area contributed by atoms with E-state index in [1.165, 1.54) is 0 Å². The summed E-state index contributed by atoms with van der Waals surface area (Å²) in [7, 11) is 0. The summed E-state index contributed by atoms with van der Waals surface area (Å²) in [5.41, 5.74) is 0.949. The lowest BCUT2D eigenvalue weighted by Gasteiger charge is -2.12. The van der Waals surface area contributed by atoms with Gasteiger partial charge in [0.15, 0.2) is 0 Å². The number of rotatable bonds is 2. The third-order valence-electron chi connectivity index (χ3n) is 2.78. The van der Waals surface area contributed by atoms with E-state index in [1.54, 1.807) is 12.1 Å². The number of halogens is 2. The van der Waals surface area contributed by atoms with Gasteiger partial charge >= 0.3 is 0 Å². The number of hydrogen-bond donors (Lipinski definition) is 2. The Morgan fingerprint density at radius 1 is 1.33 bits per heavy atom. The third kappa shape index (κ3) is 2.57. The molecular formula is C11H13Cl2NO. The van der Waals surface area contributed by atoms with Crippen LogP contribution in [0, 0.1) is 5.92 Å². The molecule has 1 atom stereocenters. The third-order valence-corrected chi connectivity index (χ3v) is 3.46. The number of nitrogens with one attached hydrogen (secondary N) is 1. The lowest BCUT2D eigenvalue weighted by molar-refractivity contribution is 0.475. The molecule has 1 fully saturated rings. The summed E-state index contributed by atoms with van der Waals surface area (Å²) in [6, 6.07) is 3.09. The lowest BCUT2D eigenvalue weighted by atomic mass is 9.98. The molecule has 82 valence electrons. The van der Waals surface area contributed by atoms with Crippen LogP contribution in [0.1, 0.15) is 12.0 Å². The van der Waals surface area contributed by atoms with Crippen LogP contribution in [0.4, 0.5) is 0 Å². The van der Waals surface area contributed by atoms with Gasteiger partial charge in [-0.25, -0.2) is 0 Å². The van der Waals surface area contributed by atoms with Crippen molar-refractivity contribution in [2.24, 2.45) is 5.92 Å². The highest BCUT2D eigenvalue weighted by Gasteiger charge is 2.18. The van der Waals surface area contributed by atoms with Crippen LogP contribution in [0.5, 0.6) is 5.75 Å². The molecule has 0 aliphatic carbocycles. The maximum absolute atomic E-state index is 9.30. The van der Waals surface area contributed by atoms with Gasteiger partial charge in [0.2, 0.25) is 0 Å². The molecule has 2 nitrogen and oxygen atoms in total. The molecule has 2 rings (SSSR count). The largest absolute Gasteiger partial charge is 0.508 e. The zero-order valence-corrected chi connectivity index (χ0v) is 9.78. The van der Waals surface area contributed by atoms with Gasteiger partial charge in [0, 0.05) is 10.0 Å². The van der Waals surface area contributed by atoms with Crippen LogP contribution in [-0.2, 0) is 6.42 Å². The minimum atomic E-state index is 0.123. The van der Waals surface area contributed by atoms with Crippen molar-refractivity contribution in [2.45, 2.75) is 12.8 Å². The van der Waals surface area contributed by atoms with E-state index in [1.807, 2.05) is 0 Å². The molecule has 1 unspecified atom stereocenters. The predicted molar refractivity (Wildman–Crippen MR) is 62.8 cm³/mol. The summed E-state index contributed by atoms with van der Waals surface area (Å²) < 4.78 is 0. The second-order valence-electron chi connectivity index (χ2n) is 3.95. The number of aromatic hydroxyl groups is 1. The molecule has 1 heterocycles. The standard InChI is InChI=1S/C11H13Cl2NO/c12-10-4-8(15)5-11(13)9(10)3-7-1-2-14-6-7/h4-5,7,14-15H,1-3,6H2. The van der Waals surface area contributed by atoms with Gasteiger partial charge in [-0.05, 0) is 49.5 Å². The van der Waals surface area contributed by atoms with E-state index in [4.69, 9.17) is 23.2 Å². The zero-order valence-electron chi connectivity index (χ0n) is 8.26. The molecule has 0 saturated carbocycles. The van der Waals surface area contributed by atoms with E-state index < -0.39 is 0 Å². The van der Waals surface area contributed by atoms with Gasteiger partial charge in [0.05, 0.1) is 0 Å². The van der Waals surface area contributed by atoms with Crippen LogP contribution in [0.15, 0.2) is 12.1 Å². The maximum Gasteiger partial charge on any atom is 0.118 e. The molecule has 0 bridgehead atoms. The maximum atomic E-state index is 9.30. The Morgan fingerprint density at radius 3 is 2.53 bits per heavy atom. The van der Waals surface area contributed by atoms with Crippen LogP contribution in [0.25, 0.3) is 0 Å². The van der Waals surface area contributed by atoms with Gasteiger partial charge in [-0.1, -0.05) is 23.2 Å². The fourth-order valence-corrected chi connectivity index (χ4v) is 2.59. The number of benzene rings is 1. The first-order chi connectivity index (χ1) is 7.16. The molecule has 0 spiro atoms. The Bertz CT molecular complexity index is 339. The second-order valence-corrected chi connectivity index (χ2v) is 4.77. The molecule has 1 saturated heterocycles. The summed E-state index contributed by atoms with van der Waals surface area (Å²) in [6.45, 7) is 2.09. The van der Waals surface area contributed by atoms with Crippen LogP contribution < -0.4 is 5.32 Å². The van der Waals surface area contributed by atoms with Crippen molar-refractivity contribution in [1.29, 1.82) is 0 Å². The van der Waals surface area contributed by atoms with Gasteiger partial charge in [0.25, 0.3) is 0 Å². The molecule has 1 aliphatic rings. The van der Waals surface area contributed by atoms with Crippen molar-refractivity contribution in [3.05, 3.63) is 27.7 Å². The minimum absolute atomic E-state index is 0.123. The summed E-state index contributed by atoms with van der Waals surface area (Å²) in [5.74, 6) is 0.725. The van der Waals surface area contributed by atoms with Crippen molar-refractivity contribution in [1.82, 2.24) is 5.32 Å². The van der Waals surface area contributed by atoms with Gasteiger partial charge < -0.3 is 10.4 Å². The molecular weight excluding hydrogens is 233 g/mol. The van der Waals surface area contributed by atoms with Crippen molar-refractivity contribution in [2.75, 3.05) is 13.1 Å². The van der Waals surface area contributed by atoms with E-state index in [2.05, 4.69) is 5.32 Å². The van der Waals surface area contributed by atoms with E-state index in [0.717, 1.165) is 31.5 Å². The highest BCUT2D eigenvalue weighted by Crippen LogP contribution is 2.32. The highest BCUT2D eigenvalue weighted by molar-refractivity contribution is 6.36. The Labute approximate surface area is 99.2 Å². The van der Waals surface area contributed by atoms with Crippen molar-refractivity contribution >= 4 is 23.2 Å². The van der Waals surface area contributed by atoms with Crippen LogP contribution in [0.3, 0.4) is 0 Å². The molecule has 0 aromatic heterocycles. The van der Waals surface area contributed by atoms with Crippen LogP contribution >= 0.6 is 23.2 Å². The fraction of sp³-hybridized carbons (Fsp3) is 0.455. The average molecular weight is 246 g/mol. The van der Waals surface area contributed by atoms with Crippen LogP contribution in [-0.4, -0.2) is 18.2 Å². The summed E-state index contributed by atoms with van der Waals surface area (Å²) in [6.07, 6.45) is 2.04. The first kappa shape index (κ1) is 11.1.